The van der Waals surface area contributed by atoms with Crippen molar-refractivity contribution in [2.45, 2.75) is 33.6 Å². The Morgan fingerprint density at radius 3 is 2.35 bits per heavy atom. The fourth-order valence-electron chi connectivity index (χ4n) is 1.69. The van der Waals surface area contributed by atoms with Crippen LogP contribution in [-0.4, -0.2) is 38.7 Å². The minimum absolute atomic E-state index is 0.0519. The van der Waals surface area contributed by atoms with Gasteiger partial charge in [-0.2, -0.15) is 13.1 Å². The maximum Gasteiger partial charge on any atom is 0.421 e. The molecule has 118 valence electrons. The summed E-state index contributed by atoms with van der Waals surface area (Å²) < 4.78 is 31.3. The van der Waals surface area contributed by atoms with Gasteiger partial charge in [-0.05, 0) is 25.2 Å². The molecule has 0 aliphatic rings. The summed E-state index contributed by atoms with van der Waals surface area (Å²) in [6.45, 7) is 5.38. The van der Waals surface area contributed by atoms with E-state index in [1.54, 1.807) is 11.6 Å². The van der Waals surface area contributed by atoms with Crippen LogP contribution in [0.15, 0.2) is 0 Å². The minimum atomic E-state index is -4.04. The second kappa shape index (κ2) is 8.75. The molecule has 0 heterocycles. The van der Waals surface area contributed by atoms with Crippen LogP contribution >= 0.6 is 0 Å². The van der Waals surface area contributed by atoms with Crippen molar-refractivity contribution in [3.8, 4) is 0 Å². The quantitative estimate of drug-likeness (QED) is 0.576. The van der Waals surface area contributed by atoms with Crippen LogP contribution in [0.1, 0.15) is 33.6 Å². The predicted octanol–water partition coefficient (Wildman–Crippen LogP) is 0.704. The van der Waals surface area contributed by atoms with Crippen molar-refractivity contribution < 1.29 is 27.9 Å². The lowest BCUT2D eigenvalue weighted by atomic mass is 9.94. The number of amides is 1. The van der Waals surface area contributed by atoms with Gasteiger partial charge >= 0.3 is 22.3 Å². The number of carbonyl (C=O) groups is 2. The van der Waals surface area contributed by atoms with Crippen molar-refractivity contribution in [2.75, 3.05) is 13.2 Å². The Bertz CT molecular complexity index is 421. The molecule has 0 saturated carbocycles. The Kier molecular flexibility index (Phi) is 8.16. The van der Waals surface area contributed by atoms with E-state index in [4.69, 9.17) is 5.11 Å². The van der Waals surface area contributed by atoms with E-state index in [0.29, 0.717) is 6.42 Å². The predicted molar refractivity (Wildman–Crippen MR) is 72.3 cm³/mol. The number of carboxylic acids is 1. The fraction of sp³-hybridized carbons (Fsp3) is 0.818. The van der Waals surface area contributed by atoms with Gasteiger partial charge in [0, 0.05) is 13.0 Å². The van der Waals surface area contributed by atoms with Crippen LogP contribution in [0.5, 0.6) is 0 Å². The maximum atomic E-state index is 11.5. The van der Waals surface area contributed by atoms with Gasteiger partial charge in [0.1, 0.15) is 0 Å². The molecule has 0 radical (unpaired) electrons. The van der Waals surface area contributed by atoms with Crippen molar-refractivity contribution in [1.29, 1.82) is 0 Å². The largest absolute Gasteiger partial charge is 0.481 e. The van der Waals surface area contributed by atoms with Crippen LogP contribution in [0.4, 0.5) is 4.79 Å². The number of rotatable bonds is 9. The molecule has 20 heavy (non-hydrogen) atoms. The van der Waals surface area contributed by atoms with Crippen molar-refractivity contribution >= 4 is 22.3 Å². The van der Waals surface area contributed by atoms with Crippen molar-refractivity contribution in [2.24, 2.45) is 11.8 Å². The summed E-state index contributed by atoms with van der Waals surface area (Å²) >= 11 is 0. The average Bonchev–Trinajstić information content (AvgIpc) is 2.24. The van der Waals surface area contributed by atoms with E-state index in [-0.39, 0.29) is 31.4 Å². The zero-order chi connectivity index (χ0) is 15.8. The van der Waals surface area contributed by atoms with Crippen LogP contribution in [0.2, 0.25) is 0 Å². The van der Waals surface area contributed by atoms with E-state index in [1.807, 2.05) is 13.8 Å². The number of hydrogen-bond acceptors (Lipinski definition) is 5. The molecular weight excluding hydrogens is 288 g/mol. The van der Waals surface area contributed by atoms with Gasteiger partial charge in [0.25, 0.3) is 0 Å². The Balaban J connectivity index is 4.44. The molecule has 0 aromatic carbocycles. The first-order valence-corrected chi connectivity index (χ1v) is 7.80. The fourth-order valence-corrected chi connectivity index (χ4v) is 2.49. The summed E-state index contributed by atoms with van der Waals surface area (Å²) in [5.74, 6) is -1.10. The van der Waals surface area contributed by atoms with E-state index < -0.39 is 22.3 Å². The van der Waals surface area contributed by atoms with Gasteiger partial charge in [-0.3, -0.25) is 4.79 Å². The lowest BCUT2D eigenvalue weighted by Gasteiger charge is -2.17. The average molecular weight is 310 g/mol. The van der Waals surface area contributed by atoms with Gasteiger partial charge < -0.3 is 9.84 Å². The molecule has 0 aromatic rings. The molecule has 0 aliphatic heterocycles. The molecule has 1 atom stereocenters. The molecule has 0 rings (SSSR count). The zero-order valence-corrected chi connectivity index (χ0v) is 12.7. The first-order chi connectivity index (χ1) is 9.16. The van der Waals surface area contributed by atoms with Crippen molar-refractivity contribution in [3.05, 3.63) is 0 Å². The standard InChI is InChI=1S/C11H22N2O6S/c1-4-19-11(16)13-20(17,18)12-7-9(5-8(2)3)6-10(14)15/h8-9,12H,4-7H2,1-3H3,(H,13,16)(H,14,15). The Morgan fingerprint density at radius 1 is 1.30 bits per heavy atom. The maximum absolute atomic E-state index is 11.5. The Hall–Kier alpha value is -1.35. The second-order valence-corrected chi connectivity index (χ2v) is 6.27. The summed E-state index contributed by atoms with van der Waals surface area (Å²) in [4.78, 5) is 21.7. The lowest BCUT2D eigenvalue weighted by molar-refractivity contribution is -0.138. The molecule has 0 fully saturated rings. The molecule has 0 spiro atoms. The molecule has 1 unspecified atom stereocenters. The van der Waals surface area contributed by atoms with Crippen molar-refractivity contribution in [3.63, 3.8) is 0 Å². The highest BCUT2D eigenvalue weighted by Gasteiger charge is 2.20. The van der Waals surface area contributed by atoms with E-state index in [0.717, 1.165) is 0 Å². The van der Waals surface area contributed by atoms with Gasteiger partial charge in [0.05, 0.1) is 6.61 Å². The summed E-state index contributed by atoms with van der Waals surface area (Å²) in [7, 11) is -4.04. The van der Waals surface area contributed by atoms with Crippen LogP contribution in [-0.2, 0) is 19.7 Å². The topological polar surface area (TPSA) is 122 Å². The van der Waals surface area contributed by atoms with E-state index in [9.17, 15) is 18.0 Å². The number of hydrogen-bond donors (Lipinski definition) is 3. The van der Waals surface area contributed by atoms with Crippen LogP contribution in [0.3, 0.4) is 0 Å². The van der Waals surface area contributed by atoms with Gasteiger partial charge in [-0.15, -0.1) is 0 Å². The Morgan fingerprint density at radius 2 is 1.90 bits per heavy atom. The highest BCUT2D eigenvalue weighted by Crippen LogP contribution is 2.14. The third-order valence-corrected chi connectivity index (χ3v) is 3.31. The van der Waals surface area contributed by atoms with Crippen LogP contribution in [0.25, 0.3) is 0 Å². The molecule has 0 saturated heterocycles. The number of carbonyl (C=O) groups excluding carboxylic acids is 1. The highest BCUT2D eigenvalue weighted by molar-refractivity contribution is 7.88. The molecule has 0 bridgehead atoms. The van der Waals surface area contributed by atoms with Crippen LogP contribution < -0.4 is 9.44 Å². The van der Waals surface area contributed by atoms with E-state index in [2.05, 4.69) is 9.46 Å². The number of ether oxygens (including phenoxy) is 1. The second-order valence-electron chi connectivity index (χ2n) is 4.77. The van der Waals surface area contributed by atoms with Gasteiger partial charge in [0.2, 0.25) is 0 Å². The molecule has 0 aliphatic carbocycles. The monoisotopic (exact) mass is 310 g/mol. The number of aliphatic carboxylic acids is 1. The normalized spacial score (nSPS) is 13.0. The molecule has 8 nitrogen and oxygen atoms in total. The number of carboxylic acid groups (broad SMARTS) is 1. The van der Waals surface area contributed by atoms with Crippen LogP contribution in [0, 0.1) is 11.8 Å². The first kappa shape index (κ1) is 18.7. The van der Waals surface area contributed by atoms with Crippen molar-refractivity contribution in [1.82, 2.24) is 9.44 Å². The molecular formula is C11H22N2O6S. The van der Waals surface area contributed by atoms with E-state index in [1.165, 1.54) is 0 Å². The van der Waals surface area contributed by atoms with Gasteiger partial charge in [-0.25, -0.2) is 9.52 Å². The summed E-state index contributed by atoms with van der Waals surface area (Å²) in [6, 6.07) is 0. The smallest absolute Gasteiger partial charge is 0.421 e. The molecule has 3 N–H and O–H groups in total. The number of nitrogens with one attached hydrogen (secondary N) is 2. The van der Waals surface area contributed by atoms with Gasteiger partial charge in [0.15, 0.2) is 0 Å². The summed E-state index contributed by atoms with van der Waals surface area (Å²) in [5, 5.41) is 8.77. The molecule has 0 aromatic heterocycles. The lowest BCUT2D eigenvalue weighted by Crippen LogP contribution is -2.42. The minimum Gasteiger partial charge on any atom is -0.481 e. The SMILES string of the molecule is CCOC(=O)NS(=O)(=O)NCC(CC(=O)O)CC(C)C. The Labute approximate surface area is 119 Å². The zero-order valence-electron chi connectivity index (χ0n) is 11.9. The summed E-state index contributed by atoms with van der Waals surface area (Å²) in [6.07, 6.45) is -0.646. The molecule has 1 amide bonds. The first-order valence-electron chi connectivity index (χ1n) is 6.32. The highest BCUT2D eigenvalue weighted by atomic mass is 32.2. The third kappa shape index (κ3) is 9.56. The van der Waals surface area contributed by atoms with Gasteiger partial charge in [-0.1, -0.05) is 13.8 Å². The third-order valence-electron chi connectivity index (χ3n) is 2.32. The van der Waals surface area contributed by atoms with E-state index >= 15 is 0 Å². The molecule has 9 heteroatoms. The summed E-state index contributed by atoms with van der Waals surface area (Å²) in [5.41, 5.74) is 0.